The van der Waals surface area contributed by atoms with Crippen molar-refractivity contribution < 1.29 is 22.7 Å². The Morgan fingerprint density at radius 1 is 1.13 bits per heavy atom. The molecule has 1 aliphatic rings. The summed E-state index contributed by atoms with van der Waals surface area (Å²) >= 11 is 0. The van der Waals surface area contributed by atoms with E-state index in [1.54, 1.807) is 47.4 Å². The third-order valence-corrected chi connectivity index (χ3v) is 5.88. The SMILES string of the molecule is Cc1cccc(S(=O)(=O)Nc2ccc(OC3CCN(C(=O)OC(C)(C)C)C3)cc2)c1. The lowest BCUT2D eigenvalue weighted by Gasteiger charge is -2.24. The molecule has 0 radical (unpaired) electrons. The standard InChI is InChI=1S/C22H28N2O5S/c1-16-6-5-7-20(14-16)30(26,27)23-17-8-10-18(11-9-17)28-19-12-13-24(15-19)21(25)29-22(2,3)4/h5-11,14,19,23H,12-13,15H2,1-4H3. The maximum atomic E-state index is 12.5. The molecule has 162 valence electrons. The Hall–Kier alpha value is -2.74. The van der Waals surface area contributed by atoms with Crippen molar-refractivity contribution in [3.63, 3.8) is 0 Å². The highest BCUT2D eigenvalue weighted by molar-refractivity contribution is 7.92. The van der Waals surface area contributed by atoms with Crippen LogP contribution in [0, 0.1) is 6.92 Å². The van der Waals surface area contributed by atoms with E-state index in [0.29, 0.717) is 30.9 Å². The van der Waals surface area contributed by atoms with Crippen molar-refractivity contribution in [2.24, 2.45) is 0 Å². The van der Waals surface area contributed by atoms with E-state index in [9.17, 15) is 13.2 Å². The molecule has 1 heterocycles. The molecule has 7 nitrogen and oxygen atoms in total. The summed E-state index contributed by atoms with van der Waals surface area (Å²) in [5.41, 5.74) is 0.793. The van der Waals surface area contributed by atoms with Crippen LogP contribution in [-0.2, 0) is 14.8 Å². The van der Waals surface area contributed by atoms with E-state index >= 15 is 0 Å². The van der Waals surface area contributed by atoms with E-state index in [1.807, 2.05) is 33.8 Å². The van der Waals surface area contributed by atoms with Crippen molar-refractivity contribution >= 4 is 21.8 Å². The fourth-order valence-electron chi connectivity index (χ4n) is 3.11. The quantitative estimate of drug-likeness (QED) is 0.766. The summed E-state index contributed by atoms with van der Waals surface area (Å²) < 4.78 is 39.0. The van der Waals surface area contributed by atoms with Gasteiger partial charge in [0.1, 0.15) is 17.5 Å². The largest absolute Gasteiger partial charge is 0.489 e. The number of benzene rings is 2. The predicted octanol–water partition coefficient (Wildman–Crippen LogP) is 4.18. The van der Waals surface area contributed by atoms with Crippen LogP contribution in [0.5, 0.6) is 5.75 Å². The van der Waals surface area contributed by atoms with Crippen molar-refractivity contribution in [2.75, 3.05) is 17.8 Å². The molecular formula is C22H28N2O5S. The van der Waals surface area contributed by atoms with Gasteiger partial charge >= 0.3 is 6.09 Å². The lowest BCUT2D eigenvalue weighted by Crippen LogP contribution is -2.36. The van der Waals surface area contributed by atoms with Gasteiger partial charge in [-0.25, -0.2) is 13.2 Å². The fourth-order valence-corrected chi connectivity index (χ4v) is 4.27. The minimum absolute atomic E-state index is 0.132. The summed E-state index contributed by atoms with van der Waals surface area (Å²) in [6.07, 6.45) is 0.239. The third kappa shape index (κ3) is 5.89. The van der Waals surface area contributed by atoms with E-state index in [4.69, 9.17) is 9.47 Å². The number of carbonyl (C=O) groups excluding carboxylic acids is 1. The summed E-state index contributed by atoms with van der Waals surface area (Å²) in [5, 5.41) is 0. The number of nitrogens with one attached hydrogen (secondary N) is 1. The molecule has 1 amide bonds. The first-order chi connectivity index (χ1) is 14.0. The Morgan fingerprint density at radius 3 is 2.47 bits per heavy atom. The number of aryl methyl sites for hydroxylation is 1. The number of rotatable bonds is 5. The van der Waals surface area contributed by atoms with Crippen LogP contribution in [0.15, 0.2) is 53.4 Å². The summed E-state index contributed by atoms with van der Waals surface area (Å²) in [6.45, 7) is 8.39. The number of nitrogens with zero attached hydrogens (tertiary/aromatic N) is 1. The summed E-state index contributed by atoms with van der Waals surface area (Å²) in [7, 11) is -3.65. The Morgan fingerprint density at radius 2 is 1.83 bits per heavy atom. The molecule has 1 fully saturated rings. The molecule has 8 heteroatoms. The smallest absolute Gasteiger partial charge is 0.410 e. The average Bonchev–Trinajstić information content (AvgIpc) is 3.10. The lowest BCUT2D eigenvalue weighted by molar-refractivity contribution is 0.0275. The molecule has 1 aliphatic heterocycles. The zero-order valence-electron chi connectivity index (χ0n) is 17.7. The van der Waals surface area contributed by atoms with Gasteiger partial charge in [-0.15, -0.1) is 0 Å². The van der Waals surface area contributed by atoms with Crippen molar-refractivity contribution in [2.45, 2.75) is 50.7 Å². The van der Waals surface area contributed by atoms with Crippen molar-refractivity contribution in [1.29, 1.82) is 0 Å². The monoisotopic (exact) mass is 432 g/mol. The van der Waals surface area contributed by atoms with E-state index < -0.39 is 15.6 Å². The number of hydrogen-bond donors (Lipinski definition) is 1. The molecule has 0 bridgehead atoms. The second-order valence-corrected chi connectivity index (χ2v) is 10.1. The lowest BCUT2D eigenvalue weighted by atomic mass is 10.2. The zero-order valence-corrected chi connectivity index (χ0v) is 18.5. The summed E-state index contributed by atoms with van der Waals surface area (Å²) in [4.78, 5) is 14.0. The topological polar surface area (TPSA) is 84.9 Å². The molecule has 1 unspecified atom stereocenters. The first kappa shape index (κ1) is 22.0. The van der Waals surface area contributed by atoms with Crippen molar-refractivity contribution in [3.05, 3.63) is 54.1 Å². The second-order valence-electron chi connectivity index (χ2n) is 8.40. The van der Waals surface area contributed by atoms with Crippen molar-refractivity contribution in [3.8, 4) is 5.75 Å². The second kappa shape index (κ2) is 8.55. The number of ether oxygens (including phenoxy) is 2. The van der Waals surface area contributed by atoms with Gasteiger partial charge in [0.25, 0.3) is 10.0 Å². The van der Waals surface area contributed by atoms with Gasteiger partial charge in [-0.3, -0.25) is 4.72 Å². The van der Waals surface area contributed by atoms with Crippen LogP contribution in [-0.4, -0.2) is 44.2 Å². The number of amides is 1. The van der Waals surface area contributed by atoms with Crippen LogP contribution >= 0.6 is 0 Å². The number of sulfonamides is 1. The van der Waals surface area contributed by atoms with Crippen LogP contribution in [0.1, 0.15) is 32.8 Å². The van der Waals surface area contributed by atoms with Crippen LogP contribution in [0.4, 0.5) is 10.5 Å². The molecule has 3 rings (SSSR count). The number of likely N-dealkylation sites (tertiary alicyclic amines) is 1. The Balaban J connectivity index is 1.57. The molecule has 1 atom stereocenters. The fraction of sp³-hybridized carbons (Fsp3) is 0.409. The molecule has 1 N–H and O–H groups in total. The van der Waals surface area contributed by atoms with Crippen LogP contribution in [0.3, 0.4) is 0 Å². The minimum atomic E-state index is -3.65. The van der Waals surface area contributed by atoms with Crippen LogP contribution in [0.25, 0.3) is 0 Å². The van der Waals surface area contributed by atoms with Gasteiger partial charge < -0.3 is 14.4 Å². The minimum Gasteiger partial charge on any atom is -0.489 e. The van der Waals surface area contributed by atoms with Gasteiger partial charge in [0.05, 0.1) is 11.4 Å². The van der Waals surface area contributed by atoms with Gasteiger partial charge in [-0.2, -0.15) is 0 Å². The van der Waals surface area contributed by atoms with E-state index in [-0.39, 0.29) is 17.1 Å². The molecule has 0 aliphatic carbocycles. The molecule has 2 aromatic carbocycles. The maximum Gasteiger partial charge on any atom is 0.410 e. The molecule has 2 aromatic rings. The van der Waals surface area contributed by atoms with E-state index in [0.717, 1.165) is 5.56 Å². The molecule has 0 aromatic heterocycles. The Bertz CT molecular complexity index is 997. The van der Waals surface area contributed by atoms with Gasteiger partial charge in [0.2, 0.25) is 0 Å². The predicted molar refractivity (Wildman–Crippen MR) is 115 cm³/mol. The summed E-state index contributed by atoms with van der Waals surface area (Å²) in [6, 6.07) is 13.5. The molecule has 0 spiro atoms. The number of anilines is 1. The van der Waals surface area contributed by atoms with Crippen LogP contribution in [0.2, 0.25) is 0 Å². The first-order valence-electron chi connectivity index (χ1n) is 9.86. The Labute approximate surface area is 178 Å². The average molecular weight is 433 g/mol. The van der Waals surface area contributed by atoms with Gasteiger partial charge in [0, 0.05) is 18.7 Å². The van der Waals surface area contributed by atoms with Gasteiger partial charge in [-0.1, -0.05) is 12.1 Å². The van der Waals surface area contributed by atoms with E-state index in [1.165, 1.54) is 0 Å². The highest BCUT2D eigenvalue weighted by Crippen LogP contribution is 2.23. The van der Waals surface area contributed by atoms with Crippen LogP contribution < -0.4 is 9.46 Å². The van der Waals surface area contributed by atoms with Gasteiger partial charge in [-0.05, 0) is 69.7 Å². The third-order valence-electron chi connectivity index (χ3n) is 4.51. The summed E-state index contributed by atoms with van der Waals surface area (Å²) in [5.74, 6) is 0.615. The Kier molecular flexibility index (Phi) is 6.26. The molecule has 0 saturated carbocycles. The maximum absolute atomic E-state index is 12.5. The number of carbonyl (C=O) groups is 1. The molecule has 1 saturated heterocycles. The highest BCUT2D eigenvalue weighted by Gasteiger charge is 2.30. The first-order valence-corrected chi connectivity index (χ1v) is 11.3. The highest BCUT2D eigenvalue weighted by atomic mass is 32.2. The zero-order chi connectivity index (χ0) is 21.9. The van der Waals surface area contributed by atoms with Gasteiger partial charge in [0.15, 0.2) is 0 Å². The molecule has 30 heavy (non-hydrogen) atoms. The van der Waals surface area contributed by atoms with E-state index in [2.05, 4.69) is 4.72 Å². The molecular weight excluding hydrogens is 404 g/mol. The number of hydrogen-bond acceptors (Lipinski definition) is 5. The van der Waals surface area contributed by atoms with Crippen molar-refractivity contribution in [1.82, 2.24) is 4.90 Å². The normalized spacial score (nSPS) is 16.9.